The van der Waals surface area contributed by atoms with Crippen LogP contribution in [0.3, 0.4) is 0 Å². The minimum Gasteiger partial charge on any atom is -0.465 e. The molecule has 0 atom stereocenters. The Morgan fingerprint density at radius 1 is 1.07 bits per heavy atom. The fourth-order valence-electron chi connectivity index (χ4n) is 3.41. The molecule has 158 valence electrons. The van der Waals surface area contributed by atoms with E-state index in [2.05, 4.69) is 0 Å². The van der Waals surface area contributed by atoms with Crippen LogP contribution in [0.2, 0.25) is 0 Å². The minimum absolute atomic E-state index is 0.349. The van der Waals surface area contributed by atoms with E-state index in [1.165, 1.54) is 7.11 Å². The van der Waals surface area contributed by atoms with Crippen LogP contribution in [0, 0.1) is 0 Å². The zero-order valence-corrected chi connectivity index (χ0v) is 18.5. The molecule has 1 aromatic carbocycles. The standard InChI is InChI=1S/C21H30BNO6/c1-19(2,3)27-18(25)23-11-14-9-13(17(24)26-8)10-16(15(14)12-23)22-28-20(4,5)21(6,7)29-22/h9-10H,11-12H2,1-8H3. The van der Waals surface area contributed by atoms with Crippen LogP contribution in [0.4, 0.5) is 4.79 Å². The Labute approximate surface area is 172 Å². The molecular weight excluding hydrogens is 373 g/mol. The third kappa shape index (κ3) is 4.14. The van der Waals surface area contributed by atoms with Gasteiger partial charge in [-0.3, -0.25) is 4.90 Å². The molecule has 8 heteroatoms. The molecule has 2 aliphatic heterocycles. The summed E-state index contributed by atoms with van der Waals surface area (Å²) in [6.45, 7) is 14.1. The third-order valence-corrected chi connectivity index (χ3v) is 5.67. The van der Waals surface area contributed by atoms with Gasteiger partial charge in [0.25, 0.3) is 0 Å². The maximum Gasteiger partial charge on any atom is 0.495 e. The van der Waals surface area contributed by atoms with Crippen molar-refractivity contribution in [2.24, 2.45) is 0 Å². The number of carbonyl (C=O) groups excluding carboxylic acids is 2. The van der Waals surface area contributed by atoms with Crippen LogP contribution in [0.15, 0.2) is 12.1 Å². The number of amides is 1. The second-order valence-corrected chi connectivity index (χ2v) is 9.62. The van der Waals surface area contributed by atoms with Crippen LogP contribution in [0.25, 0.3) is 0 Å². The van der Waals surface area contributed by atoms with E-state index in [4.69, 9.17) is 18.8 Å². The molecule has 3 rings (SSSR count). The van der Waals surface area contributed by atoms with Crippen molar-refractivity contribution >= 4 is 24.6 Å². The summed E-state index contributed by atoms with van der Waals surface area (Å²) in [6.07, 6.45) is -0.395. The van der Waals surface area contributed by atoms with Crippen molar-refractivity contribution in [1.29, 1.82) is 0 Å². The van der Waals surface area contributed by atoms with Gasteiger partial charge in [-0.1, -0.05) is 0 Å². The smallest absolute Gasteiger partial charge is 0.465 e. The quantitative estimate of drug-likeness (QED) is 0.558. The molecule has 0 spiro atoms. The number of esters is 1. The highest BCUT2D eigenvalue weighted by atomic mass is 16.7. The number of carbonyl (C=O) groups is 2. The Morgan fingerprint density at radius 2 is 1.66 bits per heavy atom. The molecule has 29 heavy (non-hydrogen) atoms. The SMILES string of the molecule is COC(=O)c1cc2c(c(B3OC(C)(C)C(C)(C)O3)c1)CN(C(=O)OC(C)(C)C)C2. The lowest BCUT2D eigenvalue weighted by Gasteiger charge is -2.32. The van der Waals surface area contributed by atoms with Gasteiger partial charge in [0.1, 0.15) is 5.60 Å². The summed E-state index contributed by atoms with van der Waals surface area (Å²) in [7, 11) is 0.703. The monoisotopic (exact) mass is 403 g/mol. The van der Waals surface area contributed by atoms with E-state index in [0.717, 1.165) is 16.6 Å². The number of hydrogen-bond donors (Lipinski definition) is 0. The molecule has 2 heterocycles. The molecule has 0 unspecified atom stereocenters. The van der Waals surface area contributed by atoms with Crippen molar-refractivity contribution in [2.45, 2.75) is 78.4 Å². The highest BCUT2D eigenvalue weighted by molar-refractivity contribution is 6.62. The fourth-order valence-corrected chi connectivity index (χ4v) is 3.41. The first kappa shape index (κ1) is 21.6. The molecule has 0 aromatic heterocycles. The average molecular weight is 403 g/mol. The van der Waals surface area contributed by atoms with Gasteiger partial charge < -0.3 is 18.8 Å². The maximum atomic E-state index is 12.6. The number of nitrogens with zero attached hydrogens (tertiary/aromatic N) is 1. The molecule has 0 aliphatic carbocycles. The van der Waals surface area contributed by atoms with Crippen LogP contribution in [0.5, 0.6) is 0 Å². The van der Waals surface area contributed by atoms with E-state index in [9.17, 15) is 9.59 Å². The van der Waals surface area contributed by atoms with Gasteiger partial charge in [0.15, 0.2) is 0 Å². The van der Waals surface area contributed by atoms with Crippen molar-refractivity contribution in [1.82, 2.24) is 4.90 Å². The first-order valence-corrected chi connectivity index (χ1v) is 9.82. The lowest BCUT2D eigenvalue weighted by Crippen LogP contribution is -2.41. The summed E-state index contributed by atoms with van der Waals surface area (Å²) in [5, 5.41) is 0. The summed E-state index contributed by atoms with van der Waals surface area (Å²) in [5.74, 6) is -0.443. The van der Waals surface area contributed by atoms with E-state index in [1.54, 1.807) is 17.0 Å². The Hall–Kier alpha value is -2.06. The summed E-state index contributed by atoms with van der Waals surface area (Å²) < 4.78 is 22.8. The lowest BCUT2D eigenvalue weighted by molar-refractivity contribution is 0.00578. The predicted molar refractivity (Wildman–Crippen MR) is 109 cm³/mol. The zero-order chi connectivity index (χ0) is 21.8. The summed E-state index contributed by atoms with van der Waals surface area (Å²) in [5.41, 5.74) is 1.31. The van der Waals surface area contributed by atoms with Crippen LogP contribution >= 0.6 is 0 Å². The van der Waals surface area contributed by atoms with Crippen LogP contribution in [-0.4, -0.2) is 48.0 Å². The Balaban J connectivity index is 1.98. The molecule has 1 aromatic rings. The van der Waals surface area contributed by atoms with E-state index in [1.807, 2.05) is 48.5 Å². The van der Waals surface area contributed by atoms with E-state index in [0.29, 0.717) is 18.7 Å². The van der Waals surface area contributed by atoms with Crippen molar-refractivity contribution in [3.63, 3.8) is 0 Å². The summed E-state index contributed by atoms with van der Waals surface area (Å²) >= 11 is 0. The second-order valence-electron chi connectivity index (χ2n) is 9.62. The summed E-state index contributed by atoms with van der Waals surface area (Å²) in [6, 6.07) is 3.51. The Morgan fingerprint density at radius 3 is 2.17 bits per heavy atom. The first-order valence-electron chi connectivity index (χ1n) is 9.82. The number of methoxy groups -OCH3 is 1. The zero-order valence-electron chi connectivity index (χ0n) is 18.5. The van der Waals surface area contributed by atoms with Crippen LogP contribution < -0.4 is 5.46 Å². The minimum atomic E-state index is -0.642. The average Bonchev–Trinajstić information content (AvgIpc) is 3.10. The highest BCUT2D eigenvalue weighted by Gasteiger charge is 2.53. The Bertz CT molecular complexity index is 826. The van der Waals surface area contributed by atoms with Gasteiger partial charge in [0, 0.05) is 13.1 Å². The van der Waals surface area contributed by atoms with Gasteiger partial charge in [0.05, 0.1) is 23.9 Å². The number of rotatable bonds is 2. The molecule has 0 saturated carbocycles. The molecule has 0 N–H and O–H groups in total. The molecule has 0 bridgehead atoms. The maximum absolute atomic E-state index is 12.6. The van der Waals surface area contributed by atoms with Crippen LogP contribution in [0.1, 0.15) is 70.0 Å². The molecule has 1 amide bonds. The molecule has 1 fully saturated rings. The van der Waals surface area contributed by atoms with E-state index < -0.39 is 36.0 Å². The van der Waals surface area contributed by atoms with Gasteiger partial charge in [-0.25, -0.2) is 9.59 Å². The van der Waals surface area contributed by atoms with Crippen molar-refractivity contribution in [2.75, 3.05) is 7.11 Å². The number of fused-ring (bicyclic) bond motifs is 1. The largest absolute Gasteiger partial charge is 0.495 e. The highest BCUT2D eigenvalue weighted by Crippen LogP contribution is 2.37. The topological polar surface area (TPSA) is 74.3 Å². The molecular formula is C21H30BNO6. The second kappa shape index (κ2) is 7.02. The van der Waals surface area contributed by atoms with Crippen LogP contribution in [-0.2, 0) is 31.9 Å². The predicted octanol–water partition coefficient (Wildman–Crippen LogP) is 3.02. The molecule has 0 radical (unpaired) electrons. The van der Waals surface area contributed by atoms with E-state index >= 15 is 0 Å². The summed E-state index contributed by atoms with van der Waals surface area (Å²) in [4.78, 5) is 26.4. The number of hydrogen-bond acceptors (Lipinski definition) is 6. The first-order chi connectivity index (χ1) is 13.2. The Kier molecular flexibility index (Phi) is 5.24. The van der Waals surface area contributed by atoms with Gasteiger partial charge in [-0.2, -0.15) is 0 Å². The third-order valence-electron chi connectivity index (χ3n) is 5.67. The van der Waals surface area contributed by atoms with Crippen molar-refractivity contribution in [3.05, 3.63) is 28.8 Å². The number of benzene rings is 1. The van der Waals surface area contributed by atoms with Crippen molar-refractivity contribution in [3.8, 4) is 0 Å². The molecule has 2 aliphatic rings. The lowest BCUT2D eigenvalue weighted by atomic mass is 9.74. The van der Waals surface area contributed by atoms with Gasteiger partial charge in [-0.15, -0.1) is 0 Å². The molecule has 1 saturated heterocycles. The number of ether oxygens (including phenoxy) is 2. The fraction of sp³-hybridized carbons (Fsp3) is 0.619. The van der Waals surface area contributed by atoms with Gasteiger partial charge in [0.2, 0.25) is 0 Å². The van der Waals surface area contributed by atoms with Crippen molar-refractivity contribution < 1.29 is 28.4 Å². The van der Waals surface area contributed by atoms with Gasteiger partial charge in [-0.05, 0) is 77.2 Å². The molecule has 7 nitrogen and oxygen atoms in total. The van der Waals surface area contributed by atoms with Gasteiger partial charge >= 0.3 is 19.2 Å². The van der Waals surface area contributed by atoms with E-state index in [-0.39, 0.29) is 0 Å². The normalized spacial score (nSPS) is 19.9.